The first-order chi connectivity index (χ1) is 8.47. The summed E-state index contributed by atoms with van der Waals surface area (Å²) in [5.74, 6) is 0.861. The van der Waals surface area contributed by atoms with Gasteiger partial charge in [0.15, 0.2) is 6.40 Å². The van der Waals surface area contributed by atoms with Crippen LogP contribution in [0.25, 0.3) is 0 Å². The van der Waals surface area contributed by atoms with Crippen LogP contribution < -0.4 is 0 Å². The molecular formula is C15H21NO. The second kappa shape index (κ2) is 7.10. The van der Waals surface area contributed by atoms with E-state index in [1.165, 1.54) is 38.5 Å². The van der Waals surface area contributed by atoms with Crippen molar-refractivity contribution in [1.82, 2.24) is 0 Å². The fraction of sp³-hybridized carbons (Fsp3) is 0.533. The van der Waals surface area contributed by atoms with Gasteiger partial charge in [0.05, 0.1) is 6.54 Å². The number of hydrogen-bond donors (Lipinski definition) is 0. The minimum Gasteiger partial charge on any atom is -0.482 e. The molecule has 2 nitrogen and oxygen atoms in total. The molecule has 1 aliphatic carbocycles. The van der Waals surface area contributed by atoms with Crippen LogP contribution >= 0.6 is 0 Å². The molecule has 0 N–H and O–H groups in total. The van der Waals surface area contributed by atoms with Gasteiger partial charge >= 0.3 is 0 Å². The van der Waals surface area contributed by atoms with Gasteiger partial charge in [-0.25, -0.2) is 0 Å². The van der Waals surface area contributed by atoms with Crippen LogP contribution in [0.4, 0.5) is 0 Å². The largest absolute Gasteiger partial charge is 0.482 e. The Morgan fingerprint density at radius 3 is 2.29 bits per heavy atom. The average molecular weight is 231 g/mol. The molecular weight excluding hydrogens is 210 g/mol. The molecule has 92 valence electrons. The minimum atomic E-state index is 0.778. The highest BCUT2D eigenvalue weighted by atomic mass is 16.5. The van der Waals surface area contributed by atoms with Crippen molar-refractivity contribution >= 4 is 6.40 Å². The van der Waals surface area contributed by atoms with Gasteiger partial charge in [-0.15, -0.1) is 0 Å². The third-order valence-corrected chi connectivity index (χ3v) is 3.36. The standard InChI is InChI=1S/C12H16.C3H5NO/c1-3-7-11(8-4-1)12-9-5-2-6-10-12;1-2-5-3-4-1/h1,3-4,7-8,12H,2,5-6,9-10H2;3H,1-2H2. The van der Waals surface area contributed by atoms with Gasteiger partial charge in [-0.05, 0) is 24.3 Å². The first-order valence-corrected chi connectivity index (χ1v) is 6.61. The molecule has 1 aromatic carbocycles. The highest BCUT2D eigenvalue weighted by Crippen LogP contribution is 2.31. The van der Waals surface area contributed by atoms with E-state index >= 15 is 0 Å². The second-order valence-electron chi connectivity index (χ2n) is 4.63. The van der Waals surface area contributed by atoms with Gasteiger partial charge in [0.1, 0.15) is 6.61 Å². The second-order valence-corrected chi connectivity index (χ2v) is 4.63. The predicted molar refractivity (Wildman–Crippen MR) is 71.6 cm³/mol. The minimum absolute atomic E-state index is 0.778. The number of hydrogen-bond acceptors (Lipinski definition) is 2. The van der Waals surface area contributed by atoms with Crippen molar-refractivity contribution in [1.29, 1.82) is 0 Å². The van der Waals surface area contributed by atoms with E-state index in [9.17, 15) is 0 Å². The van der Waals surface area contributed by atoms with E-state index in [1.807, 2.05) is 0 Å². The lowest BCUT2D eigenvalue weighted by Crippen LogP contribution is -2.03. The van der Waals surface area contributed by atoms with Gasteiger partial charge < -0.3 is 4.74 Å². The van der Waals surface area contributed by atoms with Gasteiger partial charge in [-0.3, -0.25) is 4.99 Å². The van der Waals surface area contributed by atoms with Crippen LogP contribution in [0.15, 0.2) is 35.3 Å². The van der Waals surface area contributed by atoms with Crippen molar-refractivity contribution in [2.24, 2.45) is 4.99 Å². The van der Waals surface area contributed by atoms with Crippen molar-refractivity contribution in [3.05, 3.63) is 35.9 Å². The van der Waals surface area contributed by atoms with E-state index in [-0.39, 0.29) is 0 Å². The molecule has 1 aromatic rings. The van der Waals surface area contributed by atoms with E-state index in [0.29, 0.717) is 0 Å². The zero-order valence-electron chi connectivity index (χ0n) is 10.3. The first kappa shape index (κ1) is 12.2. The van der Waals surface area contributed by atoms with E-state index in [1.54, 1.807) is 5.56 Å². The summed E-state index contributed by atoms with van der Waals surface area (Å²) >= 11 is 0. The highest BCUT2D eigenvalue weighted by molar-refractivity contribution is 5.47. The summed E-state index contributed by atoms with van der Waals surface area (Å²) in [7, 11) is 0. The maximum Gasteiger partial charge on any atom is 0.169 e. The molecule has 0 unspecified atom stereocenters. The van der Waals surface area contributed by atoms with Crippen molar-refractivity contribution in [3.63, 3.8) is 0 Å². The number of benzene rings is 1. The van der Waals surface area contributed by atoms with Crippen LogP contribution in [-0.2, 0) is 4.74 Å². The molecule has 1 saturated carbocycles. The molecule has 2 heteroatoms. The van der Waals surface area contributed by atoms with Gasteiger partial charge in [-0.1, -0.05) is 49.6 Å². The summed E-state index contributed by atoms with van der Waals surface area (Å²) in [6.45, 7) is 1.62. The zero-order chi connectivity index (χ0) is 11.8. The third-order valence-electron chi connectivity index (χ3n) is 3.36. The quantitative estimate of drug-likeness (QED) is 0.720. The molecule has 1 fully saturated rings. The van der Waals surface area contributed by atoms with Crippen LogP contribution in [0.3, 0.4) is 0 Å². The number of nitrogens with zero attached hydrogens (tertiary/aromatic N) is 1. The van der Waals surface area contributed by atoms with Crippen LogP contribution in [-0.4, -0.2) is 19.6 Å². The first-order valence-electron chi connectivity index (χ1n) is 6.61. The smallest absolute Gasteiger partial charge is 0.169 e. The van der Waals surface area contributed by atoms with E-state index in [2.05, 4.69) is 40.1 Å². The fourth-order valence-electron chi connectivity index (χ4n) is 2.42. The third kappa shape index (κ3) is 4.22. The van der Waals surface area contributed by atoms with Crippen molar-refractivity contribution in [2.75, 3.05) is 13.2 Å². The van der Waals surface area contributed by atoms with Crippen LogP contribution in [0.2, 0.25) is 0 Å². The molecule has 2 aliphatic rings. The number of rotatable bonds is 1. The summed E-state index contributed by atoms with van der Waals surface area (Å²) in [6.07, 6.45) is 8.61. The summed E-state index contributed by atoms with van der Waals surface area (Å²) in [4.78, 5) is 3.74. The molecule has 0 bridgehead atoms. The Labute approximate surface area is 104 Å². The Hall–Kier alpha value is -1.31. The SMILES string of the molecule is C1=NCCO1.c1ccc(C2CCCCC2)cc1. The number of aliphatic imine (C=N–C) groups is 1. The summed E-state index contributed by atoms with van der Waals surface area (Å²) < 4.78 is 4.65. The van der Waals surface area contributed by atoms with Gasteiger partial charge in [0.25, 0.3) is 0 Å². The molecule has 17 heavy (non-hydrogen) atoms. The molecule has 0 aromatic heterocycles. The maximum absolute atomic E-state index is 4.65. The van der Waals surface area contributed by atoms with E-state index in [0.717, 1.165) is 19.1 Å². The monoisotopic (exact) mass is 231 g/mol. The predicted octanol–water partition coefficient (Wildman–Crippen LogP) is 3.78. The average Bonchev–Trinajstić information content (AvgIpc) is 3.00. The molecule has 0 saturated heterocycles. The lowest BCUT2D eigenvalue weighted by molar-refractivity contribution is 0.361. The molecule has 0 amide bonds. The Bertz CT molecular complexity index is 322. The Kier molecular flexibility index (Phi) is 5.08. The molecule has 0 atom stereocenters. The van der Waals surface area contributed by atoms with Crippen molar-refractivity contribution in [2.45, 2.75) is 38.0 Å². The zero-order valence-corrected chi connectivity index (χ0v) is 10.3. The maximum atomic E-state index is 4.65. The molecule has 0 spiro atoms. The van der Waals surface area contributed by atoms with Gasteiger partial charge in [0, 0.05) is 0 Å². The van der Waals surface area contributed by atoms with Gasteiger partial charge in [0.2, 0.25) is 0 Å². The fourth-order valence-corrected chi connectivity index (χ4v) is 2.42. The Morgan fingerprint density at radius 1 is 1.00 bits per heavy atom. The topological polar surface area (TPSA) is 21.6 Å². The Balaban J connectivity index is 0.000000181. The molecule has 1 heterocycles. The Morgan fingerprint density at radius 2 is 1.76 bits per heavy atom. The van der Waals surface area contributed by atoms with E-state index < -0.39 is 0 Å². The van der Waals surface area contributed by atoms with Gasteiger partial charge in [-0.2, -0.15) is 0 Å². The summed E-state index contributed by atoms with van der Waals surface area (Å²) in [5, 5.41) is 0. The summed E-state index contributed by atoms with van der Waals surface area (Å²) in [6, 6.07) is 11.0. The van der Waals surface area contributed by atoms with Crippen LogP contribution in [0, 0.1) is 0 Å². The lowest BCUT2D eigenvalue weighted by Gasteiger charge is -2.21. The molecule has 0 radical (unpaired) electrons. The molecule has 3 rings (SSSR count). The number of ether oxygens (including phenoxy) is 1. The summed E-state index contributed by atoms with van der Waals surface area (Å²) in [5.41, 5.74) is 1.55. The molecule has 1 aliphatic heterocycles. The van der Waals surface area contributed by atoms with Crippen molar-refractivity contribution in [3.8, 4) is 0 Å². The van der Waals surface area contributed by atoms with Crippen LogP contribution in [0.5, 0.6) is 0 Å². The normalized spacial score (nSPS) is 19.3. The highest BCUT2D eigenvalue weighted by Gasteiger charge is 2.14. The van der Waals surface area contributed by atoms with E-state index in [4.69, 9.17) is 0 Å². The van der Waals surface area contributed by atoms with Crippen LogP contribution in [0.1, 0.15) is 43.6 Å². The van der Waals surface area contributed by atoms with Crippen molar-refractivity contribution < 1.29 is 4.74 Å². The lowest BCUT2D eigenvalue weighted by atomic mass is 9.84.